The molecule has 0 amide bonds. The van der Waals surface area contributed by atoms with Crippen molar-refractivity contribution in [1.29, 1.82) is 0 Å². The minimum atomic E-state index is -4.93. The third kappa shape index (κ3) is 5.63. The fraction of sp³-hybridized carbons (Fsp3) is 0.375. The zero-order valence-corrected chi connectivity index (χ0v) is 9.92. The minimum absolute atomic E-state index is 0.0937. The summed E-state index contributed by atoms with van der Waals surface area (Å²) in [5, 5.41) is 0. The van der Waals surface area contributed by atoms with Gasteiger partial charge in [-0.1, -0.05) is 47.5 Å². The Kier molecular flexibility index (Phi) is 5.65. The van der Waals surface area contributed by atoms with Crippen molar-refractivity contribution in [1.82, 2.24) is 0 Å². The maximum atomic E-state index is 12.3. The normalized spacial score (nSPS) is 13.5. The molecule has 0 aliphatic rings. The van der Waals surface area contributed by atoms with Gasteiger partial charge in [0, 0.05) is 6.08 Å². The van der Waals surface area contributed by atoms with Crippen LogP contribution in [0.1, 0.15) is 0 Å². The van der Waals surface area contributed by atoms with Crippen molar-refractivity contribution in [2.24, 2.45) is 0 Å². The second-order valence-electron chi connectivity index (χ2n) is 2.47. The number of rotatable bonds is 3. The van der Waals surface area contributed by atoms with Gasteiger partial charge in [-0.25, -0.2) is 4.79 Å². The molecule has 0 atom stereocenters. The molecule has 0 aromatic rings. The number of esters is 1. The van der Waals surface area contributed by atoms with Crippen LogP contribution in [-0.4, -0.2) is 22.5 Å². The Hall–Kier alpha value is -0.390. The van der Waals surface area contributed by atoms with Crippen LogP contribution in [0.15, 0.2) is 24.3 Å². The summed E-state index contributed by atoms with van der Waals surface area (Å²) in [7, 11) is 0. The van der Waals surface area contributed by atoms with E-state index in [0.717, 1.165) is 0 Å². The lowest BCUT2D eigenvalue weighted by molar-refractivity contribution is -0.137. The monoisotopic (exact) mass is 296 g/mol. The first-order valence-corrected chi connectivity index (χ1v) is 4.86. The van der Waals surface area contributed by atoms with Crippen molar-refractivity contribution >= 4 is 40.8 Å². The van der Waals surface area contributed by atoms with Crippen LogP contribution < -0.4 is 0 Å². The third-order valence-corrected chi connectivity index (χ3v) is 1.83. The molecule has 0 aliphatic heterocycles. The Labute approximate surface area is 105 Å². The molecule has 0 heterocycles. The lowest BCUT2D eigenvalue weighted by atomic mass is 10.2. The SMILES string of the molecule is C=CCOC(=O)/C=C(\C(F)(F)F)C(Cl)(Cl)Cl. The van der Waals surface area contributed by atoms with Gasteiger partial charge >= 0.3 is 12.1 Å². The number of allylic oxidation sites excluding steroid dienone is 1. The summed E-state index contributed by atoms with van der Waals surface area (Å²) in [4.78, 5) is 10.9. The van der Waals surface area contributed by atoms with Crippen LogP contribution in [0.25, 0.3) is 0 Å². The summed E-state index contributed by atoms with van der Waals surface area (Å²) in [5.74, 6) is -1.27. The van der Waals surface area contributed by atoms with Crippen molar-refractivity contribution in [3.63, 3.8) is 0 Å². The zero-order chi connectivity index (χ0) is 13.0. The minimum Gasteiger partial charge on any atom is -0.458 e. The van der Waals surface area contributed by atoms with Gasteiger partial charge in [0.25, 0.3) is 0 Å². The molecule has 0 radical (unpaired) electrons. The van der Waals surface area contributed by atoms with E-state index in [9.17, 15) is 18.0 Å². The van der Waals surface area contributed by atoms with Crippen LogP contribution in [0.4, 0.5) is 13.2 Å². The summed E-state index contributed by atoms with van der Waals surface area (Å²) < 4.78 is 38.6. The van der Waals surface area contributed by atoms with Gasteiger partial charge < -0.3 is 4.74 Å². The van der Waals surface area contributed by atoms with Crippen LogP contribution in [0.5, 0.6) is 0 Å². The van der Waals surface area contributed by atoms with Crippen molar-refractivity contribution < 1.29 is 22.7 Å². The number of hydrogen-bond donors (Lipinski definition) is 0. The van der Waals surface area contributed by atoms with E-state index in [2.05, 4.69) is 11.3 Å². The number of carbonyl (C=O) groups is 1. The Morgan fingerprint density at radius 3 is 2.12 bits per heavy atom. The fourth-order valence-electron chi connectivity index (χ4n) is 0.625. The van der Waals surface area contributed by atoms with Crippen LogP contribution in [0, 0.1) is 0 Å². The highest BCUT2D eigenvalue weighted by atomic mass is 35.6. The molecule has 0 fully saturated rings. The largest absolute Gasteiger partial charge is 0.458 e. The molecule has 0 N–H and O–H groups in total. The molecule has 0 bridgehead atoms. The maximum Gasteiger partial charge on any atom is 0.417 e. The summed E-state index contributed by atoms with van der Waals surface area (Å²) in [6, 6.07) is 0. The highest BCUT2D eigenvalue weighted by Gasteiger charge is 2.46. The molecule has 0 unspecified atom stereocenters. The average Bonchev–Trinajstić information content (AvgIpc) is 2.07. The fourth-order valence-corrected chi connectivity index (χ4v) is 1.11. The van der Waals surface area contributed by atoms with Crippen molar-refractivity contribution in [2.75, 3.05) is 6.61 Å². The van der Waals surface area contributed by atoms with Crippen LogP contribution in [0.3, 0.4) is 0 Å². The summed E-state index contributed by atoms with van der Waals surface area (Å²) in [6.45, 7) is 2.98. The second-order valence-corrected chi connectivity index (χ2v) is 4.75. The van der Waals surface area contributed by atoms with Crippen molar-refractivity contribution in [3.05, 3.63) is 24.3 Å². The summed E-state index contributed by atoms with van der Waals surface area (Å²) in [5.41, 5.74) is -1.61. The topological polar surface area (TPSA) is 26.3 Å². The van der Waals surface area contributed by atoms with Gasteiger partial charge in [0.15, 0.2) is 0 Å². The van der Waals surface area contributed by atoms with Crippen LogP contribution in [0.2, 0.25) is 0 Å². The smallest absolute Gasteiger partial charge is 0.417 e. The van der Waals surface area contributed by atoms with Gasteiger partial charge in [-0.3, -0.25) is 0 Å². The molecule has 0 saturated heterocycles. The predicted octanol–water partition coefficient (Wildman–Crippen LogP) is 3.57. The summed E-state index contributed by atoms with van der Waals surface area (Å²) in [6.07, 6.45) is -3.65. The van der Waals surface area contributed by atoms with E-state index >= 15 is 0 Å². The van der Waals surface area contributed by atoms with E-state index in [-0.39, 0.29) is 12.7 Å². The van der Waals surface area contributed by atoms with Gasteiger partial charge in [0.1, 0.15) is 6.61 Å². The van der Waals surface area contributed by atoms with E-state index in [0.29, 0.717) is 0 Å². The van der Waals surface area contributed by atoms with E-state index in [1.807, 2.05) is 0 Å². The van der Waals surface area contributed by atoms with Gasteiger partial charge in [-0.2, -0.15) is 13.2 Å². The molecular weight excluding hydrogens is 291 g/mol. The van der Waals surface area contributed by atoms with Gasteiger partial charge in [0.2, 0.25) is 3.79 Å². The highest BCUT2D eigenvalue weighted by Crippen LogP contribution is 2.43. The Morgan fingerprint density at radius 1 is 1.31 bits per heavy atom. The molecule has 0 saturated carbocycles. The molecule has 0 spiro atoms. The third-order valence-electron chi connectivity index (χ3n) is 1.22. The molecule has 0 aromatic heterocycles. The first kappa shape index (κ1) is 15.6. The number of halogens is 6. The van der Waals surface area contributed by atoms with Gasteiger partial charge in [0.05, 0.1) is 5.57 Å². The van der Waals surface area contributed by atoms with E-state index in [1.165, 1.54) is 6.08 Å². The number of alkyl halides is 6. The van der Waals surface area contributed by atoms with Crippen molar-refractivity contribution in [2.45, 2.75) is 9.97 Å². The highest BCUT2D eigenvalue weighted by molar-refractivity contribution is 6.69. The maximum absolute atomic E-state index is 12.3. The van der Waals surface area contributed by atoms with Gasteiger partial charge in [-0.15, -0.1) is 0 Å². The average molecular weight is 297 g/mol. The zero-order valence-electron chi connectivity index (χ0n) is 7.65. The summed E-state index contributed by atoms with van der Waals surface area (Å²) >= 11 is 15.2. The molecular formula is C8H6Cl3F3O2. The van der Waals surface area contributed by atoms with Crippen LogP contribution >= 0.6 is 34.8 Å². The van der Waals surface area contributed by atoms with E-state index < -0.39 is 21.5 Å². The number of carbonyl (C=O) groups excluding carboxylic acids is 1. The standard InChI is InChI=1S/C8H6Cl3F3O2/c1-2-3-16-6(15)4-5(7(9,10)11)8(12,13)14/h2,4H,1,3H2/b5-4-. The van der Waals surface area contributed by atoms with Gasteiger partial charge in [-0.05, 0) is 0 Å². The van der Waals surface area contributed by atoms with Crippen molar-refractivity contribution in [3.8, 4) is 0 Å². The quantitative estimate of drug-likeness (QED) is 0.344. The first-order chi connectivity index (χ1) is 7.09. The molecule has 0 rings (SSSR count). The lowest BCUT2D eigenvalue weighted by Gasteiger charge is -2.18. The molecule has 92 valence electrons. The second kappa shape index (κ2) is 5.80. The molecule has 0 aromatic carbocycles. The molecule has 8 heteroatoms. The Balaban J connectivity index is 4.99. The molecule has 16 heavy (non-hydrogen) atoms. The Morgan fingerprint density at radius 2 is 1.81 bits per heavy atom. The lowest BCUT2D eigenvalue weighted by Crippen LogP contribution is -2.25. The molecule has 2 nitrogen and oxygen atoms in total. The first-order valence-electron chi connectivity index (χ1n) is 3.72. The van der Waals surface area contributed by atoms with E-state index in [1.54, 1.807) is 0 Å². The van der Waals surface area contributed by atoms with Crippen LogP contribution in [-0.2, 0) is 9.53 Å². The molecule has 0 aliphatic carbocycles. The predicted molar refractivity (Wildman–Crippen MR) is 55.6 cm³/mol. The number of hydrogen-bond acceptors (Lipinski definition) is 2. The van der Waals surface area contributed by atoms with E-state index in [4.69, 9.17) is 34.8 Å². The Bertz CT molecular complexity index is 289. The number of ether oxygens (including phenoxy) is 1.